The molecule has 1 aliphatic rings. The molecule has 1 amide bonds. The summed E-state index contributed by atoms with van der Waals surface area (Å²) in [5.74, 6) is 0.520. The Labute approximate surface area is 115 Å². The van der Waals surface area contributed by atoms with E-state index in [0.717, 1.165) is 0 Å². The molecule has 0 aromatic heterocycles. The van der Waals surface area contributed by atoms with Crippen molar-refractivity contribution in [2.45, 2.75) is 45.7 Å². The fraction of sp³-hybridized carbons (Fsp3) is 0.562. The maximum Gasteiger partial charge on any atom is 0.237 e. The van der Waals surface area contributed by atoms with Crippen LogP contribution in [-0.4, -0.2) is 11.9 Å². The molecule has 1 unspecified atom stereocenters. The maximum absolute atomic E-state index is 12.3. The van der Waals surface area contributed by atoms with Gasteiger partial charge in [-0.2, -0.15) is 0 Å². The number of nitrogens with two attached hydrogens (primary N) is 1. The van der Waals surface area contributed by atoms with Gasteiger partial charge in [-0.25, -0.2) is 0 Å². The van der Waals surface area contributed by atoms with E-state index in [1.807, 2.05) is 39.0 Å². The van der Waals surface area contributed by atoms with E-state index in [1.165, 1.54) is 18.4 Å². The molecular formula is C16H24N2O. The quantitative estimate of drug-likeness (QED) is 0.874. The minimum absolute atomic E-state index is 0.0479. The molecule has 3 N–H and O–H groups in total. The Hall–Kier alpha value is -1.35. The second-order valence-electron chi connectivity index (χ2n) is 6.58. The number of benzene rings is 1. The molecule has 19 heavy (non-hydrogen) atoms. The number of amides is 1. The van der Waals surface area contributed by atoms with Crippen molar-refractivity contribution in [2.24, 2.45) is 17.1 Å². The standard InChI is InChI=1S/C16H24N2O/c1-16(2,3)14(17)15(19)18-13(12-9-10-12)11-7-5-4-6-8-11/h4-8,12-14H,9-10,17H2,1-3H3,(H,18,19)/t13?,14-/m1/s1. The van der Waals surface area contributed by atoms with Crippen molar-refractivity contribution < 1.29 is 4.79 Å². The molecule has 1 aromatic carbocycles. The highest BCUT2D eigenvalue weighted by molar-refractivity contribution is 5.82. The van der Waals surface area contributed by atoms with E-state index >= 15 is 0 Å². The van der Waals surface area contributed by atoms with Crippen molar-refractivity contribution in [3.8, 4) is 0 Å². The average molecular weight is 260 g/mol. The lowest BCUT2D eigenvalue weighted by atomic mass is 9.86. The molecule has 104 valence electrons. The first-order valence-corrected chi connectivity index (χ1v) is 7.00. The van der Waals surface area contributed by atoms with Crippen LogP contribution in [0.3, 0.4) is 0 Å². The van der Waals surface area contributed by atoms with Crippen molar-refractivity contribution in [1.82, 2.24) is 5.32 Å². The zero-order valence-corrected chi connectivity index (χ0v) is 12.0. The highest BCUT2D eigenvalue weighted by Gasteiger charge is 2.36. The maximum atomic E-state index is 12.3. The van der Waals surface area contributed by atoms with Crippen LogP contribution in [-0.2, 0) is 4.79 Å². The van der Waals surface area contributed by atoms with Gasteiger partial charge in [-0.05, 0) is 29.7 Å². The van der Waals surface area contributed by atoms with Crippen LogP contribution in [0.2, 0.25) is 0 Å². The molecule has 3 heteroatoms. The van der Waals surface area contributed by atoms with Crippen LogP contribution < -0.4 is 11.1 Å². The van der Waals surface area contributed by atoms with Crippen molar-refractivity contribution in [3.63, 3.8) is 0 Å². The molecule has 2 atom stereocenters. The fourth-order valence-corrected chi connectivity index (χ4v) is 2.20. The highest BCUT2D eigenvalue weighted by atomic mass is 16.2. The minimum atomic E-state index is -0.475. The number of rotatable bonds is 4. The predicted octanol–water partition coefficient (Wildman–Crippen LogP) is 2.63. The molecule has 1 aromatic rings. The number of hydrogen-bond acceptors (Lipinski definition) is 2. The Bertz CT molecular complexity index is 432. The fourth-order valence-electron chi connectivity index (χ4n) is 2.20. The third kappa shape index (κ3) is 3.57. The lowest BCUT2D eigenvalue weighted by molar-refractivity contribution is -0.125. The Morgan fingerprint density at radius 3 is 2.32 bits per heavy atom. The van der Waals surface area contributed by atoms with Gasteiger partial charge in [0.25, 0.3) is 0 Å². The van der Waals surface area contributed by atoms with E-state index in [-0.39, 0.29) is 17.4 Å². The van der Waals surface area contributed by atoms with Gasteiger partial charge < -0.3 is 11.1 Å². The van der Waals surface area contributed by atoms with Gasteiger partial charge in [0.2, 0.25) is 5.91 Å². The molecule has 0 saturated heterocycles. The molecule has 0 heterocycles. The summed E-state index contributed by atoms with van der Waals surface area (Å²) in [5, 5.41) is 3.14. The first kappa shape index (κ1) is 14.1. The summed E-state index contributed by atoms with van der Waals surface area (Å²) < 4.78 is 0. The summed E-state index contributed by atoms with van der Waals surface area (Å²) in [6.07, 6.45) is 2.37. The van der Waals surface area contributed by atoms with Crippen LogP contribution in [0.5, 0.6) is 0 Å². The molecule has 0 radical (unpaired) electrons. The Morgan fingerprint density at radius 2 is 1.84 bits per heavy atom. The normalized spacial score (nSPS) is 18.7. The number of carbonyl (C=O) groups excluding carboxylic acids is 1. The van der Waals surface area contributed by atoms with Crippen molar-refractivity contribution in [3.05, 3.63) is 35.9 Å². The summed E-state index contributed by atoms with van der Waals surface area (Å²) in [4.78, 5) is 12.3. The third-order valence-corrected chi connectivity index (χ3v) is 3.77. The molecular weight excluding hydrogens is 236 g/mol. The van der Waals surface area contributed by atoms with Gasteiger partial charge in [0.1, 0.15) is 0 Å². The van der Waals surface area contributed by atoms with E-state index in [0.29, 0.717) is 5.92 Å². The van der Waals surface area contributed by atoms with Gasteiger partial charge in [0, 0.05) is 0 Å². The zero-order chi connectivity index (χ0) is 14.0. The van der Waals surface area contributed by atoms with E-state index in [1.54, 1.807) is 0 Å². The van der Waals surface area contributed by atoms with Gasteiger partial charge in [-0.1, -0.05) is 51.1 Å². The average Bonchev–Trinajstić information content (AvgIpc) is 3.19. The molecule has 1 fully saturated rings. The van der Waals surface area contributed by atoms with Crippen LogP contribution in [0.25, 0.3) is 0 Å². The monoisotopic (exact) mass is 260 g/mol. The first-order valence-electron chi connectivity index (χ1n) is 7.00. The minimum Gasteiger partial charge on any atom is -0.348 e. The Morgan fingerprint density at radius 1 is 1.26 bits per heavy atom. The highest BCUT2D eigenvalue weighted by Crippen LogP contribution is 2.41. The van der Waals surface area contributed by atoms with Gasteiger partial charge in [0.05, 0.1) is 12.1 Å². The topological polar surface area (TPSA) is 55.1 Å². The summed E-state index contributed by atoms with van der Waals surface area (Å²) in [5.41, 5.74) is 7.00. The molecule has 0 aliphatic heterocycles. The number of hydrogen-bond donors (Lipinski definition) is 2. The van der Waals surface area contributed by atoms with Crippen LogP contribution in [0.15, 0.2) is 30.3 Å². The molecule has 3 nitrogen and oxygen atoms in total. The molecule has 2 rings (SSSR count). The smallest absolute Gasteiger partial charge is 0.237 e. The molecule has 1 aliphatic carbocycles. The van der Waals surface area contributed by atoms with Crippen LogP contribution in [0.4, 0.5) is 0 Å². The summed E-state index contributed by atoms with van der Waals surface area (Å²) in [6, 6.07) is 9.81. The third-order valence-electron chi connectivity index (χ3n) is 3.77. The van der Waals surface area contributed by atoms with Gasteiger partial charge in [0.15, 0.2) is 0 Å². The largest absolute Gasteiger partial charge is 0.348 e. The Balaban J connectivity index is 2.08. The predicted molar refractivity (Wildman–Crippen MR) is 77.5 cm³/mol. The van der Waals surface area contributed by atoms with Crippen molar-refractivity contribution in [2.75, 3.05) is 0 Å². The molecule has 0 bridgehead atoms. The van der Waals surface area contributed by atoms with E-state index in [9.17, 15) is 4.79 Å². The molecule has 1 saturated carbocycles. The number of carbonyl (C=O) groups is 1. The van der Waals surface area contributed by atoms with Gasteiger partial charge in [-0.3, -0.25) is 4.79 Å². The van der Waals surface area contributed by atoms with Gasteiger partial charge >= 0.3 is 0 Å². The lowest BCUT2D eigenvalue weighted by Gasteiger charge is -2.28. The first-order chi connectivity index (χ1) is 8.89. The van der Waals surface area contributed by atoms with E-state index in [2.05, 4.69) is 17.4 Å². The molecule has 0 spiro atoms. The van der Waals surface area contributed by atoms with Crippen molar-refractivity contribution in [1.29, 1.82) is 0 Å². The van der Waals surface area contributed by atoms with E-state index in [4.69, 9.17) is 5.73 Å². The summed E-state index contributed by atoms with van der Waals surface area (Å²) >= 11 is 0. The van der Waals surface area contributed by atoms with Crippen LogP contribution >= 0.6 is 0 Å². The zero-order valence-electron chi connectivity index (χ0n) is 12.0. The number of nitrogens with one attached hydrogen (secondary N) is 1. The van der Waals surface area contributed by atoms with Crippen LogP contribution in [0, 0.1) is 11.3 Å². The van der Waals surface area contributed by atoms with Crippen molar-refractivity contribution >= 4 is 5.91 Å². The van der Waals surface area contributed by atoms with Gasteiger partial charge in [-0.15, -0.1) is 0 Å². The Kier molecular flexibility index (Phi) is 3.95. The second-order valence-corrected chi connectivity index (χ2v) is 6.58. The summed E-state index contributed by atoms with van der Waals surface area (Å²) in [7, 11) is 0. The SMILES string of the molecule is CC(C)(C)[C@H](N)C(=O)NC(c1ccccc1)C1CC1. The van der Waals surface area contributed by atoms with Crippen LogP contribution in [0.1, 0.15) is 45.2 Å². The summed E-state index contributed by atoms with van der Waals surface area (Å²) in [6.45, 7) is 5.98. The second kappa shape index (κ2) is 5.33. The van der Waals surface area contributed by atoms with E-state index < -0.39 is 6.04 Å². The lowest BCUT2D eigenvalue weighted by Crippen LogP contribution is -2.49.